The summed E-state index contributed by atoms with van der Waals surface area (Å²) in [6, 6.07) is 10.9. The lowest BCUT2D eigenvalue weighted by Crippen LogP contribution is -2.48. The van der Waals surface area contributed by atoms with Gasteiger partial charge in [-0.2, -0.15) is 0 Å². The number of amides is 3. The van der Waals surface area contributed by atoms with Crippen LogP contribution in [0.1, 0.15) is 13.8 Å². The highest BCUT2D eigenvalue weighted by atomic mass is 35.5. The summed E-state index contributed by atoms with van der Waals surface area (Å²) < 4.78 is 10.5. The number of para-hydroxylation sites is 1. The number of methoxy groups -OCH3 is 2. The molecule has 0 aliphatic heterocycles. The van der Waals surface area contributed by atoms with Gasteiger partial charge in [0.15, 0.2) is 0 Å². The second kappa shape index (κ2) is 9.85. The van der Waals surface area contributed by atoms with Gasteiger partial charge in [0.2, 0.25) is 5.91 Å². The fourth-order valence-electron chi connectivity index (χ4n) is 2.53. The minimum Gasteiger partial charge on any atom is -0.495 e. The molecule has 0 radical (unpaired) electrons. The van der Waals surface area contributed by atoms with Crippen molar-refractivity contribution in [1.82, 2.24) is 5.32 Å². The van der Waals surface area contributed by atoms with Crippen LogP contribution in [0.15, 0.2) is 42.5 Å². The van der Waals surface area contributed by atoms with E-state index in [1.807, 2.05) is 32.0 Å². The zero-order valence-corrected chi connectivity index (χ0v) is 17.0. The van der Waals surface area contributed by atoms with Gasteiger partial charge in [-0.3, -0.25) is 4.79 Å². The number of ether oxygens (including phenoxy) is 2. The normalized spacial score (nSPS) is 11.5. The Morgan fingerprint density at radius 3 is 2.18 bits per heavy atom. The Morgan fingerprint density at radius 1 is 0.964 bits per heavy atom. The molecule has 2 aromatic carbocycles. The molecule has 0 fully saturated rings. The molecular weight excluding hydrogens is 382 g/mol. The Kier molecular flexibility index (Phi) is 7.52. The van der Waals surface area contributed by atoms with Gasteiger partial charge in [-0.05, 0) is 18.1 Å². The van der Waals surface area contributed by atoms with Crippen molar-refractivity contribution in [2.24, 2.45) is 5.92 Å². The highest BCUT2D eigenvalue weighted by Gasteiger charge is 2.25. The third kappa shape index (κ3) is 5.53. The summed E-state index contributed by atoms with van der Waals surface area (Å²) in [5.74, 6) is 0.242. The quantitative estimate of drug-likeness (QED) is 0.645. The minimum absolute atomic E-state index is 0.151. The van der Waals surface area contributed by atoms with E-state index in [9.17, 15) is 9.59 Å². The number of hydrogen-bond donors (Lipinski definition) is 3. The van der Waals surface area contributed by atoms with Crippen LogP contribution in [0.5, 0.6) is 11.5 Å². The molecule has 28 heavy (non-hydrogen) atoms. The molecule has 1 unspecified atom stereocenters. The lowest BCUT2D eigenvalue weighted by Gasteiger charge is -2.23. The minimum atomic E-state index is -0.768. The van der Waals surface area contributed by atoms with E-state index in [1.165, 1.54) is 14.2 Å². The van der Waals surface area contributed by atoms with Crippen molar-refractivity contribution >= 4 is 34.9 Å². The molecule has 7 nitrogen and oxygen atoms in total. The van der Waals surface area contributed by atoms with Gasteiger partial charge in [-0.25, -0.2) is 4.79 Å². The van der Waals surface area contributed by atoms with E-state index in [0.717, 1.165) is 0 Å². The third-order valence-corrected chi connectivity index (χ3v) is 4.29. The number of urea groups is 1. The van der Waals surface area contributed by atoms with Crippen LogP contribution >= 0.6 is 11.6 Å². The van der Waals surface area contributed by atoms with Crippen LogP contribution in [0.4, 0.5) is 16.2 Å². The summed E-state index contributed by atoms with van der Waals surface area (Å²) in [4.78, 5) is 25.1. The molecule has 3 amide bonds. The standard InChI is InChI=1S/C20H24ClN3O4/c1-12(2)18(24-20(26)22-13-8-6-5-7-9-13)19(25)23-15-11-16(27-3)14(21)10-17(15)28-4/h5-12,18H,1-4H3,(H,23,25)(H2,22,24,26). The van der Waals surface area contributed by atoms with E-state index in [2.05, 4.69) is 16.0 Å². The fourth-order valence-corrected chi connectivity index (χ4v) is 2.76. The lowest BCUT2D eigenvalue weighted by atomic mass is 10.0. The SMILES string of the molecule is COc1cc(NC(=O)C(NC(=O)Nc2ccccc2)C(C)C)c(OC)cc1Cl. The van der Waals surface area contributed by atoms with Crippen molar-refractivity contribution in [1.29, 1.82) is 0 Å². The molecule has 1 atom stereocenters. The van der Waals surface area contributed by atoms with E-state index < -0.39 is 12.1 Å². The van der Waals surface area contributed by atoms with Crippen molar-refractivity contribution in [3.63, 3.8) is 0 Å². The predicted octanol–water partition coefficient (Wildman–Crippen LogP) is 4.14. The predicted molar refractivity (Wildman–Crippen MR) is 110 cm³/mol. The van der Waals surface area contributed by atoms with E-state index in [4.69, 9.17) is 21.1 Å². The summed E-state index contributed by atoms with van der Waals surface area (Å²) in [6.45, 7) is 3.68. The van der Waals surface area contributed by atoms with Gasteiger partial charge in [0.05, 0.1) is 24.9 Å². The smallest absolute Gasteiger partial charge is 0.319 e. The van der Waals surface area contributed by atoms with E-state index in [0.29, 0.717) is 27.9 Å². The van der Waals surface area contributed by atoms with E-state index in [1.54, 1.807) is 24.3 Å². The number of carbonyl (C=O) groups excluding carboxylic acids is 2. The topological polar surface area (TPSA) is 88.7 Å². The Balaban J connectivity index is 2.14. The van der Waals surface area contributed by atoms with Gasteiger partial charge in [0.25, 0.3) is 0 Å². The summed E-state index contributed by atoms with van der Waals surface area (Å²) in [5.41, 5.74) is 1.02. The van der Waals surface area contributed by atoms with E-state index in [-0.39, 0.29) is 11.8 Å². The van der Waals surface area contributed by atoms with Crippen molar-refractivity contribution in [2.75, 3.05) is 24.9 Å². The lowest BCUT2D eigenvalue weighted by molar-refractivity contribution is -0.118. The molecule has 0 saturated carbocycles. The van der Waals surface area contributed by atoms with Gasteiger partial charge in [-0.1, -0.05) is 43.6 Å². The zero-order chi connectivity index (χ0) is 20.7. The summed E-state index contributed by atoms with van der Waals surface area (Å²) in [7, 11) is 2.95. The van der Waals surface area contributed by atoms with Gasteiger partial charge >= 0.3 is 6.03 Å². The Labute approximate surface area is 169 Å². The fraction of sp³-hybridized carbons (Fsp3) is 0.300. The number of benzene rings is 2. The van der Waals surface area contributed by atoms with Gasteiger partial charge in [0, 0.05) is 17.8 Å². The molecule has 0 aromatic heterocycles. The maximum absolute atomic E-state index is 12.8. The maximum atomic E-state index is 12.8. The molecule has 8 heteroatoms. The molecule has 150 valence electrons. The van der Waals surface area contributed by atoms with Crippen molar-refractivity contribution in [3.05, 3.63) is 47.5 Å². The highest BCUT2D eigenvalue weighted by Crippen LogP contribution is 2.36. The van der Waals surface area contributed by atoms with Gasteiger partial charge in [0.1, 0.15) is 17.5 Å². The van der Waals surface area contributed by atoms with Gasteiger partial charge < -0.3 is 25.4 Å². The average Bonchev–Trinajstić information content (AvgIpc) is 2.67. The summed E-state index contributed by atoms with van der Waals surface area (Å²) in [5, 5.41) is 8.53. The van der Waals surface area contributed by atoms with Crippen LogP contribution in [0.2, 0.25) is 5.02 Å². The maximum Gasteiger partial charge on any atom is 0.319 e. The summed E-state index contributed by atoms with van der Waals surface area (Å²) in [6.07, 6.45) is 0. The molecule has 0 aliphatic rings. The first kappa shape index (κ1) is 21.4. The average molecular weight is 406 g/mol. The number of carbonyl (C=O) groups is 2. The van der Waals surface area contributed by atoms with Crippen LogP contribution < -0.4 is 25.4 Å². The molecular formula is C20H24ClN3O4. The van der Waals surface area contributed by atoms with Crippen LogP contribution in [-0.4, -0.2) is 32.2 Å². The summed E-state index contributed by atoms with van der Waals surface area (Å²) >= 11 is 6.09. The first-order valence-electron chi connectivity index (χ1n) is 8.70. The number of nitrogens with one attached hydrogen (secondary N) is 3. The first-order valence-corrected chi connectivity index (χ1v) is 9.08. The number of anilines is 2. The van der Waals surface area contributed by atoms with Crippen molar-refractivity contribution in [2.45, 2.75) is 19.9 Å². The molecule has 0 spiro atoms. The van der Waals surface area contributed by atoms with Crippen LogP contribution in [0.3, 0.4) is 0 Å². The third-order valence-electron chi connectivity index (χ3n) is 4.00. The Morgan fingerprint density at radius 2 is 1.61 bits per heavy atom. The Hall–Kier alpha value is -2.93. The van der Waals surface area contributed by atoms with Gasteiger partial charge in [-0.15, -0.1) is 0 Å². The largest absolute Gasteiger partial charge is 0.495 e. The molecule has 2 aromatic rings. The molecule has 0 saturated heterocycles. The van der Waals surface area contributed by atoms with Crippen molar-refractivity contribution < 1.29 is 19.1 Å². The van der Waals surface area contributed by atoms with E-state index >= 15 is 0 Å². The number of halogens is 1. The van der Waals surface area contributed by atoms with Crippen LogP contribution in [0.25, 0.3) is 0 Å². The number of rotatable bonds is 7. The molecule has 0 bridgehead atoms. The van der Waals surface area contributed by atoms with Crippen molar-refractivity contribution in [3.8, 4) is 11.5 Å². The molecule has 3 N–H and O–H groups in total. The molecule has 0 heterocycles. The van der Waals surface area contributed by atoms with Crippen LogP contribution in [-0.2, 0) is 4.79 Å². The Bertz CT molecular complexity index is 828. The highest BCUT2D eigenvalue weighted by molar-refractivity contribution is 6.32. The second-order valence-corrected chi connectivity index (χ2v) is 6.77. The second-order valence-electron chi connectivity index (χ2n) is 6.36. The number of hydrogen-bond acceptors (Lipinski definition) is 4. The zero-order valence-electron chi connectivity index (χ0n) is 16.2. The monoisotopic (exact) mass is 405 g/mol. The first-order chi connectivity index (χ1) is 13.3. The van der Waals surface area contributed by atoms with Crippen LogP contribution in [0, 0.1) is 5.92 Å². The molecule has 0 aliphatic carbocycles. The molecule has 2 rings (SSSR count).